The third-order valence-electron chi connectivity index (χ3n) is 8.95. The van der Waals surface area contributed by atoms with E-state index in [9.17, 15) is 14.4 Å². The van der Waals surface area contributed by atoms with E-state index in [1.54, 1.807) is 48.4 Å². The molecule has 2 atom stereocenters. The zero-order valence-corrected chi connectivity index (χ0v) is 25.4. The second-order valence-corrected chi connectivity index (χ2v) is 11.9. The second-order valence-electron chi connectivity index (χ2n) is 11.9. The molecule has 0 aliphatic carbocycles. The minimum atomic E-state index is -0.193. The minimum Gasteiger partial charge on any atom is -0.497 e. The first-order valence-corrected chi connectivity index (χ1v) is 15.3. The summed E-state index contributed by atoms with van der Waals surface area (Å²) in [5, 5.41) is 12.1. The Morgan fingerprint density at radius 1 is 0.955 bits per heavy atom. The number of Topliss-reactive ketones (excluding diaryl/α,β-unsaturated/α-hetero) is 1. The third-order valence-corrected chi connectivity index (χ3v) is 8.95. The van der Waals surface area contributed by atoms with Crippen LogP contribution in [0.25, 0.3) is 0 Å². The number of ketones is 1. The van der Waals surface area contributed by atoms with E-state index in [1.165, 1.54) is 11.8 Å². The van der Waals surface area contributed by atoms with Gasteiger partial charge in [-0.3, -0.25) is 24.3 Å². The molecule has 1 aromatic heterocycles. The maximum absolute atomic E-state index is 13.1. The predicted molar refractivity (Wildman–Crippen MR) is 166 cm³/mol. The fourth-order valence-corrected chi connectivity index (χ4v) is 6.15. The Bertz CT molecular complexity index is 1490. The zero-order chi connectivity index (χ0) is 31.1. The normalized spacial score (nSPS) is 19.2. The van der Waals surface area contributed by atoms with Gasteiger partial charge < -0.3 is 15.0 Å². The highest BCUT2D eigenvalue weighted by molar-refractivity contribution is 5.99. The van der Waals surface area contributed by atoms with Crippen LogP contribution in [0, 0.1) is 29.1 Å². The molecule has 0 bridgehead atoms. The maximum Gasteiger partial charge on any atom is 0.272 e. The molecule has 44 heavy (non-hydrogen) atoms. The van der Waals surface area contributed by atoms with Gasteiger partial charge >= 0.3 is 0 Å². The van der Waals surface area contributed by atoms with Crippen LogP contribution < -0.4 is 10.1 Å². The van der Waals surface area contributed by atoms with Crippen molar-refractivity contribution >= 4 is 17.6 Å². The van der Waals surface area contributed by atoms with Crippen molar-refractivity contribution in [1.29, 1.82) is 5.26 Å². The van der Waals surface area contributed by atoms with Crippen molar-refractivity contribution in [2.45, 2.75) is 32.7 Å². The summed E-state index contributed by atoms with van der Waals surface area (Å²) in [4.78, 5) is 47.3. The lowest BCUT2D eigenvalue weighted by Gasteiger charge is -2.37. The number of nitriles is 1. The van der Waals surface area contributed by atoms with E-state index in [1.807, 2.05) is 24.3 Å². The van der Waals surface area contributed by atoms with Crippen molar-refractivity contribution in [3.8, 4) is 11.8 Å². The van der Waals surface area contributed by atoms with Crippen LogP contribution in [0.1, 0.15) is 68.5 Å². The Morgan fingerprint density at radius 2 is 1.66 bits per heavy atom. The Balaban J connectivity index is 1.05. The first kappa shape index (κ1) is 30.9. The molecule has 3 heterocycles. The first-order chi connectivity index (χ1) is 21.3. The molecule has 1 unspecified atom stereocenters. The molecule has 2 saturated heterocycles. The standard InChI is InChI=1S/C35H39N5O4/c1-24-22-39(23-26-5-3-25(19-36)4-6-26)16-13-29(24)20-38-34(42)30-9-12-32(37-21-30)35(43)40-17-14-28(15-18-40)33(41)27-7-10-31(44-2)11-8-27/h3-12,21,24,28-29H,13-18,20,22-23H2,1-2H3,(H,38,42)/t24-,29?/m0/s1. The van der Waals surface area contributed by atoms with Crippen molar-refractivity contribution in [3.63, 3.8) is 0 Å². The van der Waals surface area contributed by atoms with Gasteiger partial charge in [-0.05, 0) is 91.7 Å². The Hall–Kier alpha value is -4.55. The maximum atomic E-state index is 13.1. The van der Waals surface area contributed by atoms with Crippen LogP contribution in [0.3, 0.4) is 0 Å². The summed E-state index contributed by atoms with van der Waals surface area (Å²) in [5.74, 6) is 1.11. The molecule has 2 aliphatic heterocycles. The molecule has 2 fully saturated rings. The summed E-state index contributed by atoms with van der Waals surface area (Å²) in [6.07, 6.45) is 3.66. The number of aromatic nitrogens is 1. The average molecular weight is 594 g/mol. The highest BCUT2D eigenvalue weighted by Gasteiger charge is 2.29. The molecule has 2 aliphatic rings. The summed E-state index contributed by atoms with van der Waals surface area (Å²) >= 11 is 0. The number of hydrogen-bond acceptors (Lipinski definition) is 7. The fourth-order valence-electron chi connectivity index (χ4n) is 6.15. The van der Waals surface area contributed by atoms with E-state index in [0.29, 0.717) is 72.4 Å². The van der Waals surface area contributed by atoms with E-state index in [2.05, 4.69) is 28.2 Å². The van der Waals surface area contributed by atoms with Gasteiger partial charge in [-0.1, -0.05) is 19.1 Å². The first-order valence-electron chi connectivity index (χ1n) is 15.3. The third kappa shape index (κ3) is 7.50. The molecule has 9 heteroatoms. The van der Waals surface area contributed by atoms with Gasteiger partial charge in [0, 0.05) is 50.4 Å². The van der Waals surface area contributed by atoms with E-state index < -0.39 is 0 Å². The minimum absolute atomic E-state index is 0.0938. The number of pyridine rings is 1. The smallest absolute Gasteiger partial charge is 0.272 e. The summed E-state index contributed by atoms with van der Waals surface area (Å²) in [7, 11) is 1.59. The van der Waals surface area contributed by atoms with Gasteiger partial charge in [-0.2, -0.15) is 5.26 Å². The van der Waals surface area contributed by atoms with E-state index in [0.717, 1.165) is 26.1 Å². The molecule has 1 N–H and O–H groups in total. The number of rotatable bonds is 9. The van der Waals surface area contributed by atoms with Gasteiger partial charge in [0.1, 0.15) is 11.4 Å². The molecule has 5 rings (SSSR count). The molecule has 2 amide bonds. The largest absolute Gasteiger partial charge is 0.497 e. The Morgan fingerprint density at radius 3 is 2.27 bits per heavy atom. The molecule has 9 nitrogen and oxygen atoms in total. The van der Waals surface area contributed by atoms with Crippen LogP contribution in [0.15, 0.2) is 66.9 Å². The lowest BCUT2D eigenvalue weighted by molar-refractivity contribution is 0.0645. The number of carbonyl (C=O) groups excluding carboxylic acids is 3. The number of methoxy groups -OCH3 is 1. The number of nitrogens with one attached hydrogen (secondary N) is 1. The fraction of sp³-hybridized carbons (Fsp3) is 0.400. The summed E-state index contributed by atoms with van der Waals surface area (Å²) in [6, 6.07) is 20.3. The monoisotopic (exact) mass is 593 g/mol. The highest BCUT2D eigenvalue weighted by atomic mass is 16.5. The van der Waals surface area contributed by atoms with E-state index in [-0.39, 0.29) is 23.5 Å². The van der Waals surface area contributed by atoms with Gasteiger partial charge in [0.05, 0.1) is 24.3 Å². The van der Waals surface area contributed by atoms with Crippen LogP contribution in [-0.2, 0) is 6.54 Å². The number of piperidine rings is 2. The molecular weight excluding hydrogens is 554 g/mol. The summed E-state index contributed by atoms with van der Waals surface area (Å²) in [6.45, 7) is 6.55. The van der Waals surface area contributed by atoms with Crippen LogP contribution >= 0.6 is 0 Å². The van der Waals surface area contributed by atoms with Crippen LogP contribution in [0.4, 0.5) is 0 Å². The van der Waals surface area contributed by atoms with E-state index >= 15 is 0 Å². The van der Waals surface area contributed by atoms with E-state index in [4.69, 9.17) is 10.00 Å². The van der Waals surface area contributed by atoms with Crippen LogP contribution in [0.5, 0.6) is 5.75 Å². The predicted octanol–water partition coefficient (Wildman–Crippen LogP) is 4.58. The molecule has 0 radical (unpaired) electrons. The second kappa shape index (κ2) is 14.3. The average Bonchev–Trinajstić information content (AvgIpc) is 3.07. The summed E-state index contributed by atoms with van der Waals surface area (Å²) < 4.78 is 5.17. The van der Waals surface area contributed by atoms with Gasteiger partial charge in [-0.15, -0.1) is 0 Å². The SMILES string of the molecule is COc1ccc(C(=O)C2CCN(C(=O)c3ccc(C(=O)NCC4CCN(Cc5ccc(C#N)cc5)C[C@@H]4C)cn3)CC2)cc1. The lowest BCUT2D eigenvalue weighted by Crippen LogP contribution is -2.43. The van der Waals surface area contributed by atoms with Gasteiger partial charge in [0.2, 0.25) is 0 Å². The molecule has 3 aromatic rings. The number of amides is 2. The van der Waals surface area contributed by atoms with Crippen molar-refractivity contribution in [1.82, 2.24) is 20.1 Å². The quantitative estimate of drug-likeness (QED) is 0.361. The van der Waals surface area contributed by atoms with Gasteiger partial charge in [0.15, 0.2) is 5.78 Å². The number of nitrogens with zero attached hydrogens (tertiary/aromatic N) is 4. The van der Waals surface area contributed by atoms with Crippen molar-refractivity contribution in [2.24, 2.45) is 17.8 Å². The number of ether oxygens (including phenoxy) is 1. The van der Waals surface area contributed by atoms with Crippen LogP contribution in [-0.4, -0.2) is 72.2 Å². The number of hydrogen-bond donors (Lipinski definition) is 1. The topological polar surface area (TPSA) is 116 Å². The molecular formula is C35H39N5O4. The zero-order valence-electron chi connectivity index (χ0n) is 25.4. The number of likely N-dealkylation sites (tertiary alicyclic amines) is 2. The van der Waals surface area contributed by atoms with Crippen molar-refractivity contribution < 1.29 is 19.1 Å². The lowest BCUT2D eigenvalue weighted by atomic mass is 9.86. The molecule has 2 aromatic carbocycles. The summed E-state index contributed by atoms with van der Waals surface area (Å²) in [5.41, 5.74) is 3.25. The van der Waals surface area contributed by atoms with Gasteiger partial charge in [0.25, 0.3) is 11.8 Å². The van der Waals surface area contributed by atoms with Crippen molar-refractivity contribution in [3.05, 3.63) is 94.8 Å². The Labute approximate surface area is 258 Å². The van der Waals surface area contributed by atoms with Crippen molar-refractivity contribution in [2.75, 3.05) is 39.8 Å². The van der Waals surface area contributed by atoms with Crippen LogP contribution in [0.2, 0.25) is 0 Å². The van der Waals surface area contributed by atoms with Gasteiger partial charge in [-0.25, -0.2) is 0 Å². The molecule has 0 spiro atoms. The molecule has 0 saturated carbocycles. The Kier molecular flexibility index (Phi) is 10.0. The highest BCUT2D eigenvalue weighted by Crippen LogP contribution is 2.25. The number of carbonyl (C=O) groups is 3. The number of benzene rings is 2. The molecule has 228 valence electrons.